The van der Waals surface area contributed by atoms with Crippen molar-refractivity contribution in [2.75, 3.05) is 33.5 Å². The van der Waals surface area contributed by atoms with Crippen LogP contribution in [0.15, 0.2) is 30.3 Å². The molecule has 1 heterocycles. The number of ether oxygens (including phenoxy) is 2. The third kappa shape index (κ3) is 2.84. The van der Waals surface area contributed by atoms with Gasteiger partial charge < -0.3 is 14.4 Å². The van der Waals surface area contributed by atoms with Gasteiger partial charge in [-0.3, -0.25) is 4.79 Å². The zero-order valence-electron chi connectivity index (χ0n) is 9.96. The molecule has 0 saturated carbocycles. The summed E-state index contributed by atoms with van der Waals surface area (Å²) in [6.07, 6.45) is 0. The van der Waals surface area contributed by atoms with Crippen molar-refractivity contribution in [1.29, 1.82) is 0 Å². The molecule has 4 nitrogen and oxygen atoms in total. The van der Waals surface area contributed by atoms with E-state index < -0.39 is 0 Å². The van der Waals surface area contributed by atoms with E-state index in [1.807, 2.05) is 35.2 Å². The Bertz CT molecular complexity index is 364. The number of morpholine rings is 1. The van der Waals surface area contributed by atoms with Crippen LogP contribution in [0.3, 0.4) is 0 Å². The lowest BCUT2D eigenvalue weighted by atomic mass is 10.1. The minimum atomic E-state index is 0.0152. The summed E-state index contributed by atoms with van der Waals surface area (Å²) in [6, 6.07) is 9.34. The van der Waals surface area contributed by atoms with E-state index in [0.717, 1.165) is 5.56 Å². The van der Waals surface area contributed by atoms with E-state index in [2.05, 4.69) is 0 Å². The van der Waals surface area contributed by atoms with E-state index in [9.17, 15) is 4.79 Å². The van der Waals surface area contributed by atoms with Gasteiger partial charge in [-0.05, 0) is 12.1 Å². The van der Waals surface area contributed by atoms with Crippen molar-refractivity contribution in [3.8, 4) is 0 Å². The molecule has 0 spiro atoms. The number of carbonyl (C=O) groups excluding carboxylic acids is 1. The summed E-state index contributed by atoms with van der Waals surface area (Å²) in [5.41, 5.74) is 0.718. The zero-order valence-corrected chi connectivity index (χ0v) is 9.96. The molecule has 1 aliphatic rings. The fourth-order valence-electron chi connectivity index (χ4n) is 2.00. The van der Waals surface area contributed by atoms with Crippen molar-refractivity contribution in [3.63, 3.8) is 0 Å². The van der Waals surface area contributed by atoms with Crippen LogP contribution in [0.4, 0.5) is 0 Å². The lowest BCUT2D eigenvalue weighted by Gasteiger charge is -2.35. The first-order chi connectivity index (χ1) is 8.33. The molecule has 17 heavy (non-hydrogen) atoms. The maximum Gasteiger partial charge on any atom is 0.254 e. The summed E-state index contributed by atoms with van der Waals surface area (Å²) in [4.78, 5) is 14.1. The molecule has 4 heteroatoms. The number of hydrogen-bond acceptors (Lipinski definition) is 3. The van der Waals surface area contributed by atoms with E-state index >= 15 is 0 Å². The van der Waals surface area contributed by atoms with Crippen molar-refractivity contribution in [1.82, 2.24) is 4.90 Å². The number of hydrogen-bond donors (Lipinski definition) is 0. The maximum atomic E-state index is 12.3. The smallest absolute Gasteiger partial charge is 0.254 e. The standard InChI is InChI=1S/C13H17NO3/c1-16-9-12-10-17-8-7-14(12)13(15)11-5-3-2-4-6-11/h2-6,12H,7-10H2,1H3. The molecule has 1 aromatic rings. The molecule has 1 fully saturated rings. The van der Waals surface area contributed by atoms with Crippen LogP contribution in [0.5, 0.6) is 0 Å². The molecule has 1 unspecified atom stereocenters. The van der Waals surface area contributed by atoms with Gasteiger partial charge in [0.2, 0.25) is 0 Å². The zero-order chi connectivity index (χ0) is 12.1. The van der Waals surface area contributed by atoms with Gasteiger partial charge in [-0.2, -0.15) is 0 Å². The van der Waals surface area contributed by atoms with Gasteiger partial charge in [-0.15, -0.1) is 0 Å². The summed E-state index contributed by atoms with van der Waals surface area (Å²) in [5, 5.41) is 0. The minimum absolute atomic E-state index is 0.0152. The van der Waals surface area contributed by atoms with Gasteiger partial charge in [0, 0.05) is 19.2 Å². The van der Waals surface area contributed by atoms with Gasteiger partial charge in [0.15, 0.2) is 0 Å². The number of carbonyl (C=O) groups is 1. The van der Waals surface area contributed by atoms with Gasteiger partial charge in [-0.1, -0.05) is 18.2 Å². The molecular formula is C13H17NO3. The first-order valence-electron chi connectivity index (χ1n) is 5.75. The maximum absolute atomic E-state index is 12.3. The van der Waals surface area contributed by atoms with Crippen LogP contribution in [0, 0.1) is 0 Å². The molecule has 1 aromatic carbocycles. The van der Waals surface area contributed by atoms with Gasteiger partial charge in [0.25, 0.3) is 5.91 Å². The highest BCUT2D eigenvalue weighted by Crippen LogP contribution is 2.12. The Balaban J connectivity index is 2.11. The molecule has 1 aliphatic heterocycles. The number of methoxy groups -OCH3 is 1. The fourth-order valence-corrected chi connectivity index (χ4v) is 2.00. The van der Waals surface area contributed by atoms with Crippen LogP contribution in [0.1, 0.15) is 10.4 Å². The van der Waals surface area contributed by atoms with Crippen LogP contribution in [0.25, 0.3) is 0 Å². The van der Waals surface area contributed by atoms with Crippen molar-refractivity contribution < 1.29 is 14.3 Å². The van der Waals surface area contributed by atoms with Crippen LogP contribution in [-0.2, 0) is 9.47 Å². The molecule has 0 radical (unpaired) electrons. The van der Waals surface area contributed by atoms with Gasteiger partial charge >= 0.3 is 0 Å². The Morgan fingerprint density at radius 3 is 2.94 bits per heavy atom. The largest absolute Gasteiger partial charge is 0.382 e. The van der Waals surface area contributed by atoms with Crippen molar-refractivity contribution in [3.05, 3.63) is 35.9 Å². The monoisotopic (exact) mass is 235 g/mol. The second kappa shape index (κ2) is 5.80. The Morgan fingerprint density at radius 2 is 2.24 bits per heavy atom. The third-order valence-electron chi connectivity index (χ3n) is 2.87. The van der Waals surface area contributed by atoms with Crippen LogP contribution in [-0.4, -0.2) is 50.3 Å². The van der Waals surface area contributed by atoms with Crippen molar-refractivity contribution in [2.24, 2.45) is 0 Å². The molecule has 1 atom stereocenters. The second-order valence-electron chi connectivity index (χ2n) is 4.05. The highest BCUT2D eigenvalue weighted by molar-refractivity contribution is 5.94. The van der Waals surface area contributed by atoms with Gasteiger partial charge in [-0.25, -0.2) is 0 Å². The summed E-state index contributed by atoms with van der Waals surface area (Å²) >= 11 is 0. The van der Waals surface area contributed by atoms with Crippen molar-refractivity contribution >= 4 is 5.91 Å². The molecule has 1 amide bonds. The third-order valence-corrected chi connectivity index (χ3v) is 2.87. The molecule has 1 saturated heterocycles. The van der Waals surface area contributed by atoms with Crippen LogP contribution in [0.2, 0.25) is 0 Å². The van der Waals surface area contributed by atoms with Gasteiger partial charge in [0.1, 0.15) is 0 Å². The fraction of sp³-hybridized carbons (Fsp3) is 0.462. The molecule has 0 aromatic heterocycles. The average molecular weight is 235 g/mol. The highest BCUT2D eigenvalue weighted by atomic mass is 16.5. The van der Waals surface area contributed by atoms with Crippen LogP contribution >= 0.6 is 0 Å². The predicted molar refractivity (Wildman–Crippen MR) is 64.0 cm³/mol. The summed E-state index contributed by atoms with van der Waals surface area (Å²) < 4.78 is 10.5. The predicted octanol–water partition coefficient (Wildman–Crippen LogP) is 1.17. The SMILES string of the molecule is COCC1COCCN1C(=O)c1ccccc1. The lowest BCUT2D eigenvalue weighted by molar-refractivity contribution is -0.0251. The minimum Gasteiger partial charge on any atom is -0.382 e. The molecule has 0 bridgehead atoms. The first-order valence-corrected chi connectivity index (χ1v) is 5.75. The summed E-state index contributed by atoms with van der Waals surface area (Å²) in [7, 11) is 1.64. The quantitative estimate of drug-likeness (QED) is 0.789. The molecule has 0 N–H and O–H groups in total. The van der Waals surface area contributed by atoms with E-state index in [1.54, 1.807) is 7.11 Å². The summed E-state index contributed by atoms with van der Waals surface area (Å²) in [6.45, 7) is 2.28. The van der Waals surface area contributed by atoms with Gasteiger partial charge in [0.05, 0.1) is 25.9 Å². The normalized spacial score (nSPS) is 20.3. The second-order valence-corrected chi connectivity index (χ2v) is 4.05. The van der Waals surface area contributed by atoms with E-state index in [4.69, 9.17) is 9.47 Å². The van der Waals surface area contributed by atoms with Crippen LogP contribution < -0.4 is 0 Å². The number of benzene rings is 1. The van der Waals surface area contributed by atoms with E-state index in [0.29, 0.717) is 26.4 Å². The topological polar surface area (TPSA) is 38.8 Å². The first kappa shape index (κ1) is 12.1. The summed E-state index contributed by atoms with van der Waals surface area (Å²) in [5.74, 6) is 0.0518. The lowest BCUT2D eigenvalue weighted by Crippen LogP contribution is -2.50. The average Bonchev–Trinajstić information content (AvgIpc) is 2.40. The van der Waals surface area contributed by atoms with Crippen molar-refractivity contribution in [2.45, 2.75) is 6.04 Å². The van der Waals surface area contributed by atoms with E-state index in [1.165, 1.54) is 0 Å². The Labute approximate surface area is 101 Å². The molecular weight excluding hydrogens is 218 g/mol. The van der Waals surface area contributed by atoms with E-state index in [-0.39, 0.29) is 11.9 Å². The number of amides is 1. The Hall–Kier alpha value is -1.39. The Morgan fingerprint density at radius 1 is 1.47 bits per heavy atom. The molecule has 0 aliphatic carbocycles. The number of nitrogens with zero attached hydrogens (tertiary/aromatic N) is 1. The number of rotatable bonds is 3. The molecule has 2 rings (SSSR count). The highest BCUT2D eigenvalue weighted by Gasteiger charge is 2.27. The molecule has 92 valence electrons. The Kier molecular flexibility index (Phi) is 4.12.